The second-order valence-corrected chi connectivity index (χ2v) is 4.76. The van der Waals surface area contributed by atoms with Crippen LogP contribution in [-0.2, 0) is 4.74 Å². The van der Waals surface area contributed by atoms with Crippen molar-refractivity contribution >= 4 is 0 Å². The molecule has 86 valence electrons. The van der Waals surface area contributed by atoms with E-state index < -0.39 is 5.60 Å². The zero-order chi connectivity index (χ0) is 11.3. The summed E-state index contributed by atoms with van der Waals surface area (Å²) in [6, 6.07) is 0. The van der Waals surface area contributed by atoms with Crippen molar-refractivity contribution in [3.05, 3.63) is 0 Å². The van der Waals surface area contributed by atoms with Gasteiger partial charge in [0.05, 0.1) is 11.7 Å². The SMILES string of the molecule is CC#CCCC1(O)CCOC(C(C)C)C1. The van der Waals surface area contributed by atoms with Gasteiger partial charge in [-0.1, -0.05) is 13.8 Å². The molecule has 2 heteroatoms. The molecule has 1 aliphatic heterocycles. The number of hydrogen-bond acceptors (Lipinski definition) is 2. The van der Waals surface area contributed by atoms with Crippen LogP contribution in [0.3, 0.4) is 0 Å². The zero-order valence-corrected chi connectivity index (χ0v) is 10.0. The molecule has 1 heterocycles. The molecule has 0 aliphatic carbocycles. The number of rotatable bonds is 3. The van der Waals surface area contributed by atoms with Gasteiger partial charge < -0.3 is 9.84 Å². The van der Waals surface area contributed by atoms with E-state index in [1.807, 2.05) is 6.92 Å². The Morgan fingerprint density at radius 1 is 1.53 bits per heavy atom. The van der Waals surface area contributed by atoms with Crippen molar-refractivity contribution in [2.24, 2.45) is 5.92 Å². The summed E-state index contributed by atoms with van der Waals surface area (Å²) in [5.41, 5.74) is -0.545. The molecule has 0 aromatic heterocycles. The summed E-state index contributed by atoms with van der Waals surface area (Å²) in [7, 11) is 0. The lowest BCUT2D eigenvalue weighted by molar-refractivity contribution is -0.119. The molecule has 2 unspecified atom stereocenters. The molecule has 0 aromatic rings. The third-order valence-corrected chi connectivity index (χ3v) is 3.12. The Balaban J connectivity index is 2.47. The Kier molecular flexibility index (Phi) is 4.63. The predicted octanol–water partition coefficient (Wildman–Crippen LogP) is 2.36. The summed E-state index contributed by atoms with van der Waals surface area (Å²) in [5.74, 6) is 6.36. The fraction of sp³-hybridized carbons (Fsp3) is 0.846. The second kappa shape index (κ2) is 5.53. The van der Waals surface area contributed by atoms with Crippen LogP contribution in [0.1, 0.15) is 46.5 Å². The summed E-state index contributed by atoms with van der Waals surface area (Å²) in [5, 5.41) is 10.4. The van der Waals surface area contributed by atoms with Crippen molar-refractivity contribution in [1.29, 1.82) is 0 Å². The molecule has 0 spiro atoms. The summed E-state index contributed by atoms with van der Waals surface area (Å²) in [4.78, 5) is 0. The topological polar surface area (TPSA) is 29.5 Å². The van der Waals surface area contributed by atoms with Crippen molar-refractivity contribution in [1.82, 2.24) is 0 Å². The van der Waals surface area contributed by atoms with Gasteiger partial charge in [0, 0.05) is 19.4 Å². The Hall–Kier alpha value is -0.520. The molecule has 1 fully saturated rings. The normalized spacial score (nSPS) is 31.1. The first-order chi connectivity index (χ1) is 7.07. The van der Waals surface area contributed by atoms with Crippen LogP contribution in [0.15, 0.2) is 0 Å². The average Bonchev–Trinajstić information content (AvgIpc) is 2.18. The molecule has 0 saturated carbocycles. The highest BCUT2D eigenvalue weighted by Gasteiger charge is 2.35. The van der Waals surface area contributed by atoms with E-state index in [-0.39, 0.29) is 6.10 Å². The van der Waals surface area contributed by atoms with Crippen molar-refractivity contribution < 1.29 is 9.84 Å². The van der Waals surface area contributed by atoms with Gasteiger partial charge in [-0.3, -0.25) is 0 Å². The van der Waals surface area contributed by atoms with Gasteiger partial charge in [-0.15, -0.1) is 11.8 Å². The first kappa shape index (κ1) is 12.5. The van der Waals surface area contributed by atoms with Crippen LogP contribution in [0.5, 0.6) is 0 Å². The van der Waals surface area contributed by atoms with E-state index in [0.717, 1.165) is 25.7 Å². The Labute approximate surface area is 93.0 Å². The molecule has 1 rings (SSSR count). The van der Waals surface area contributed by atoms with Crippen molar-refractivity contribution in [3.63, 3.8) is 0 Å². The molecule has 0 amide bonds. The number of ether oxygens (including phenoxy) is 1. The maximum atomic E-state index is 10.4. The Morgan fingerprint density at radius 2 is 2.27 bits per heavy atom. The largest absolute Gasteiger partial charge is 0.390 e. The van der Waals surface area contributed by atoms with Crippen molar-refractivity contribution in [2.45, 2.75) is 58.2 Å². The molecule has 15 heavy (non-hydrogen) atoms. The lowest BCUT2D eigenvalue weighted by atomic mass is 9.83. The second-order valence-electron chi connectivity index (χ2n) is 4.76. The van der Waals surface area contributed by atoms with Crippen LogP contribution < -0.4 is 0 Å². The van der Waals surface area contributed by atoms with E-state index in [0.29, 0.717) is 12.5 Å². The Morgan fingerprint density at radius 3 is 2.87 bits per heavy atom. The van der Waals surface area contributed by atoms with Gasteiger partial charge >= 0.3 is 0 Å². The maximum absolute atomic E-state index is 10.4. The van der Waals surface area contributed by atoms with E-state index in [1.165, 1.54) is 0 Å². The van der Waals surface area contributed by atoms with E-state index in [4.69, 9.17) is 4.74 Å². The third-order valence-electron chi connectivity index (χ3n) is 3.12. The lowest BCUT2D eigenvalue weighted by Gasteiger charge is -2.38. The van der Waals surface area contributed by atoms with Gasteiger partial charge in [0.15, 0.2) is 0 Å². The summed E-state index contributed by atoms with van der Waals surface area (Å²) in [6.07, 6.45) is 3.29. The van der Waals surface area contributed by atoms with Crippen LogP contribution >= 0.6 is 0 Å². The van der Waals surface area contributed by atoms with Gasteiger partial charge in [-0.05, 0) is 25.7 Å². The quantitative estimate of drug-likeness (QED) is 0.725. The number of aliphatic hydroxyl groups is 1. The molecule has 0 radical (unpaired) electrons. The molecule has 1 aliphatic rings. The fourth-order valence-electron chi connectivity index (χ4n) is 2.01. The smallest absolute Gasteiger partial charge is 0.0703 e. The molecule has 1 N–H and O–H groups in total. The standard InChI is InChI=1S/C13H22O2/c1-4-5-6-7-13(14)8-9-15-12(10-13)11(2)3/h11-12,14H,6-10H2,1-3H3. The Bertz CT molecular complexity index is 249. The molecule has 2 atom stereocenters. The maximum Gasteiger partial charge on any atom is 0.0703 e. The average molecular weight is 210 g/mol. The highest BCUT2D eigenvalue weighted by molar-refractivity contribution is 4.98. The van der Waals surface area contributed by atoms with Crippen LogP contribution in [0.2, 0.25) is 0 Å². The zero-order valence-electron chi connectivity index (χ0n) is 10.0. The molecule has 0 aromatic carbocycles. The minimum absolute atomic E-state index is 0.207. The van der Waals surface area contributed by atoms with Crippen LogP contribution in [0, 0.1) is 17.8 Å². The fourth-order valence-corrected chi connectivity index (χ4v) is 2.01. The number of hydrogen-bond donors (Lipinski definition) is 1. The van der Waals surface area contributed by atoms with Gasteiger partial charge in [-0.2, -0.15) is 0 Å². The minimum atomic E-state index is -0.545. The molecule has 2 nitrogen and oxygen atoms in total. The highest BCUT2D eigenvalue weighted by Crippen LogP contribution is 2.31. The van der Waals surface area contributed by atoms with Gasteiger partial charge in [-0.25, -0.2) is 0 Å². The molecule has 1 saturated heterocycles. The summed E-state index contributed by atoms with van der Waals surface area (Å²) < 4.78 is 5.65. The first-order valence-electron chi connectivity index (χ1n) is 5.81. The minimum Gasteiger partial charge on any atom is -0.390 e. The predicted molar refractivity (Wildman–Crippen MR) is 61.4 cm³/mol. The summed E-state index contributed by atoms with van der Waals surface area (Å²) in [6.45, 7) is 6.80. The van der Waals surface area contributed by atoms with E-state index >= 15 is 0 Å². The molecular weight excluding hydrogens is 188 g/mol. The van der Waals surface area contributed by atoms with E-state index in [9.17, 15) is 5.11 Å². The van der Waals surface area contributed by atoms with Crippen molar-refractivity contribution in [2.75, 3.05) is 6.61 Å². The van der Waals surface area contributed by atoms with E-state index in [2.05, 4.69) is 25.7 Å². The van der Waals surface area contributed by atoms with E-state index in [1.54, 1.807) is 0 Å². The first-order valence-corrected chi connectivity index (χ1v) is 5.81. The monoisotopic (exact) mass is 210 g/mol. The molecular formula is C13H22O2. The van der Waals surface area contributed by atoms with Crippen LogP contribution in [0.25, 0.3) is 0 Å². The summed E-state index contributed by atoms with van der Waals surface area (Å²) >= 11 is 0. The highest BCUT2D eigenvalue weighted by atomic mass is 16.5. The van der Waals surface area contributed by atoms with Crippen LogP contribution in [-0.4, -0.2) is 23.4 Å². The van der Waals surface area contributed by atoms with Crippen LogP contribution in [0.4, 0.5) is 0 Å². The van der Waals surface area contributed by atoms with Gasteiger partial charge in [0.1, 0.15) is 0 Å². The van der Waals surface area contributed by atoms with Crippen molar-refractivity contribution in [3.8, 4) is 11.8 Å². The van der Waals surface area contributed by atoms with Gasteiger partial charge in [0.2, 0.25) is 0 Å². The third kappa shape index (κ3) is 3.85. The lowest BCUT2D eigenvalue weighted by Crippen LogP contribution is -2.42. The molecule has 0 bridgehead atoms. The van der Waals surface area contributed by atoms with Gasteiger partial charge in [0.25, 0.3) is 0 Å².